The van der Waals surface area contributed by atoms with Gasteiger partial charge in [0.1, 0.15) is 0 Å². The summed E-state index contributed by atoms with van der Waals surface area (Å²) in [6.45, 7) is 4.62. The second-order valence-corrected chi connectivity index (χ2v) is 8.61. The van der Waals surface area contributed by atoms with E-state index in [1.165, 1.54) is 38.5 Å². The largest absolute Gasteiger partial charge is 0.452 e. The fourth-order valence-corrected chi connectivity index (χ4v) is 5.46. The van der Waals surface area contributed by atoms with Crippen molar-refractivity contribution in [2.24, 2.45) is 0 Å². The van der Waals surface area contributed by atoms with Crippen molar-refractivity contribution in [1.82, 2.24) is 4.57 Å². The molecule has 4 aromatic carbocycles. The van der Waals surface area contributed by atoms with E-state index >= 15 is 0 Å². The first-order valence-corrected chi connectivity index (χ1v) is 10.1. The number of benzene rings is 4. The third kappa shape index (κ3) is 1.69. The van der Waals surface area contributed by atoms with Crippen LogP contribution in [-0.2, 0) is 5.41 Å². The van der Waals surface area contributed by atoms with Gasteiger partial charge in [0, 0.05) is 21.8 Å². The van der Waals surface area contributed by atoms with Gasteiger partial charge in [-0.3, -0.25) is 0 Å². The first-order chi connectivity index (χ1) is 14.2. The van der Waals surface area contributed by atoms with Crippen LogP contribution in [0.25, 0.3) is 38.6 Å². The van der Waals surface area contributed by atoms with Gasteiger partial charge in [-0.2, -0.15) is 0 Å². The van der Waals surface area contributed by atoms with E-state index in [0.717, 1.165) is 22.7 Å². The zero-order valence-electron chi connectivity index (χ0n) is 16.4. The minimum absolute atomic E-state index is 0.0324. The molecule has 29 heavy (non-hydrogen) atoms. The van der Waals surface area contributed by atoms with E-state index in [9.17, 15) is 0 Å². The predicted molar refractivity (Wildman–Crippen MR) is 118 cm³/mol. The molecule has 1 aliphatic carbocycles. The number of aromatic nitrogens is 1. The van der Waals surface area contributed by atoms with Crippen LogP contribution in [0.5, 0.6) is 11.5 Å². The van der Waals surface area contributed by atoms with Crippen molar-refractivity contribution in [3.05, 3.63) is 90.0 Å². The highest BCUT2D eigenvalue weighted by Crippen LogP contribution is 2.56. The number of ether oxygens (including phenoxy) is 1. The molecule has 0 radical (unpaired) electrons. The normalized spacial score (nSPS) is 15.1. The van der Waals surface area contributed by atoms with E-state index in [1.54, 1.807) is 0 Å². The Kier molecular flexibility index (Phi) is 2.60. The smallest absolute Gasteiger partial charge is 0.159 e. The van der Waals surface area contributed by atoms with Gasteiger partial charge in [0.2, 0.25) is 0 Å². The molecule has 0 saturated heterocycles. The maximum Gasteiger partial charge on any atom is 0.159 e. The zero-order valence-corrected chi connectivity index (χ0v) is 16.4. The first-order valence-electron chi connectivity index (χ1n) is 10.1. The SMILES string of the molecule is CC1(C)c2ccccc2-c2c1ccc1c2Oc2cccc3c4ccccc4n-1c23. The molecule has 0 saturated carbocycles. The van der Waals surface area contributed by atoms with Gasteiger partial charge in [0.25, 0.3) is 0 Å². The topological polar surface area (TPSA) is 14.2 Å². The molecule has 2 heterocycles. The molecule has 0 amide bonds. The summed E-state index contributed by atoms with van der Waals surface area (Å²) in [6.07, 6.45) is 0. The molecular formula is C27H19NO. The highest BCUT2D eigenvalue weighted by Gasteiger charge is 2.39. The van der Waals surface area contributed by atoms with Crippen molar-refractivity contribution in [2.75, 3.05) is 0 Å². The molecule has 2 nitrogen and oxygen atoms in total. The van der Waals surface area contributed by atoms with Gasteiger partial charge in [-0.05, 0) is 34.9 Å². The average molecular weight is 373 g/mol. The van der Waals surface area contributed by atoms with Gasteiger partial charge >= 0.3 is 0 Å². The lowest BCUT2D eigenvalue weighted by atomic mass is 9.82. The summed E-state index contributed by atoms with van der Waals surface area (Å²) in [5.74, 6) is 1.91. The Hall–Kier alpha value is -3.52. The van der Waals surface area contributed by atoms with Gasteiger partial charge in [-0.25, -0.2) is 0 Å². The number of rotatable bonds is 0. The molecule has 2 heteroatoms. The van der Waals surface area contributed by atoms with Gasteiger partial charge in [0.05, 0.1) is 16.7 Å². The molecule has 1 aliphatic heterocycles. The van der Waals surface area contributed by atoms with Crippen LogP contribution in [0, 0.1) is 0 Å². The summed E-state index contributed by atoms with van der Waals surface area (Å²) in [6, 6.07) is 28.3. The third-order valence-corrected chi connectivity index (χ3v) is 6.79. The van der Waals surface area contributed by atoms with Gasteiger partial charge < -0.3 is 9.30 Å². The second-order valence-electron chi connectivity index (χ2n) is 8.61. The molecule has 2 aliphatic rings. The Morgan fingerprint density at radius 3 is 2.45 bits per heavy atom. The van der Waals surface area contributed by atoms with E-state index in [4.69, 9.17) is 4.74 Å². The summed E-state index contributed by atoms with van der Waals surface area (Å²) in [5, 5.41) is 2.51. The number of hydrogen-bond acceptors (Lipinski definition) is 1. The van der Waals surface area contributed by atoms with Crippen LogP contribution in [0.3, 0.4) is 0 Å². The monoisotopic (exact) mass is 373 g/mol. The quantitative estimate of drug-likeness (QED) is 0.275. The number of para-hydroxylation sites is 2. The molecule has 0 unspecified atom stereocenters. The molecule has 5 aromatic rings. The van der Waals surface area contributed by atoms with Crippen LogP contribution in [0.4, 0.5) is 0 Å². The van der Waals surface area contributed by atoms with Crippen molar-refractivity contribution in [1.29, 1.82) is 0 Å². The van der Waals surface area contributed by atoms with Crippen LogP contribution < -0.4 is 4.74 Å². The predicted octanol–water partition coefficient (Wildman–Crippen LogP) is 7.20. The molecule has 1 aromatic heterocycles. The summed E-state index contributed by atoms with van der Waals surface area (Å²) < 4.78 is 9.03. The Bertz CT molecular complexity index is 1500. The molecule has 0 N–H and O–H groups in total. The van der Waals surface area contributed by atoms with Crippen molar-refractivity contribution < 1.29 is 4.74 Å². The Morgan fingerprint density at radius 1 is 0.724 bits per heavy atom. The van der Waals surface area contributed by atoms with E-state index in [-0.39, 0.29) is 5.41 Å². The molecular weight excluding hydrogens is 354 g/mol. The zero-order chi connectivity index (χ0) is 19.3. The summed E-state index contributed by atoms with van der Waals surface area (Å²) in [5.41, 5.74) is 8.71. The highest BCUT2D eigenvalue weighted by molar-refractivity contribution is 6.12. The Balaban J connectivity index is 1.67. The third-order valence-electron chi connectivity index (χ3n) is 6.79. The second kappa shape index (κ2) is 4.90. The van der Waals surface area contributed by atoms with E-state index < -0.39 is 0 Å². The van der Waals surface area contributed by atoms with Gasteiger partial charge in [-0.15, -0.1) is 0 Å². The minimum Gasteiger partial charge on any atom is -0.452 e. The maximum absolute atomic E-state index is 6.65. The van der Waals surface area contributed by atoms with Crippen molar-refractivity contribution in [3.8, 4) is 28.3 Å². The van der Waals surface area contributed by atoms with E-state index in [1.807, 2.05) is 0 Å². The van der Waals surface area contributed by atoms with Crippen molar-refractivity contribution in [3.63, 3.8) is 0 Å². The van der Waals surface area contributed by atoms with Crippen LogP contribution in [0.1, 0.15) is 25.0 Å². The van der Waals surface area contributed by atoms with Gasteiger partial charge in [-0.1, -0.05) is 74.5 Å². The lowest BCUT2D eigenvalue weighted by Crippen LogP contribution is -2.15. The number of nitrogens with zero attached hydrogens (tertiary/aromatic N) is 1. The van der Waals surface area contributed by atoms with Crippen LogP contribution >= 0.6 is 0 Å². The van der Waals surface area contributed by atoms with Crippen LogP contribution in [-0.4, -0.2) is 4.57 Å². The average Bonchev–Trinajstić information content (AvgIpc) is 3.21. The molecule has 138 valence electrons. The highest BCUT2D eigenvalue weighted by atomic mass is 16.5. The Morgan fingerprint density at radius 2 is 1.52 bits per heavy atom. The first kappa shape index (κ1) is 15.4. The minimum atomic E-state index is -0.0324. The lowest BCUT2D eigenvalue weighted by Gasteiger charge is -2.25. The number of hydrogen-bond donors (Lipinski definition) is 0. The fraction of sp³-hybridized carbons (Fsp3) is 0.111. The molecule has 0 atom stereocenters. The van der Waals surface area contributed by atoms with Crippen molar-refractivity contribution >= 4 is 21.8 Å². The summed E-state index contributed by atoms with van der Waals surface area (Å²) in [7, 11) is 0. The standard InChI is InChI=1S/C27H19NO/c1-27(2)19-11-5-3-9-18(19)24-20(27)14-15-22-26(24)29-23-13-7-10-17-16-8-4-6-12-21(16)28(22)25(17)23/h3-15H,1-2H3. The van der Waals surface area contributed by atoms with E-state index in [2.05, 4.69) is 97.3 Å². The molecule has 0 bridgehead atoms. The summed E-state index contributed by atoms with van der Waals surface area (Å²) >= 11 is 0. The van der Waals surface area contributed by atoms with Crippen molar-refractivity contribution in [2.45, 2.75) is 19.3 Å². The maximum atomic E-state index is 6.65. The van der Waals surface area contributed by atoms with E-state index in [0.29, 0.717) is 0 Å². The molecule has 7 rings (SSSR count). The molecule has 0 fully saturated rings. The summed E-state index contributed by atoms with van der Waals surface area (Å²) in [4.78, 5) is 0. The number of fused-ring (bicyclic) bond motifs is 9. The van der Waals surface area contributed by atoms with Crippen LogP contribution in [0.2, 0.25) is 0 Å². The fourth-order valence-electron chi connectivity index (χ4n) is 5.46. The van der Waals surface area contributed by atoms with Crippen LogP contribution in [0.15, 0.2) is 78.9 Å². The lowest BCUT2D eigenvalue weighted by molar-refractivity contribution is 0.477. The molecule has 0 spiro atoms. The Labute approximate surface area is 169 Å². The van der Waals surface area contributed by atoms with Gasteiger partial charge in [0.15, 0.2) is 11.5 Å².